The number of nitrogens with zero attached hydrogens (tertiary/aromatic N) is 2. The van der Waals surface area contributed by atoms with Gasteiger partial charge in [-0.3, -0.25) is 4.79 Å². The fourth-order valence-electron chi connectivity index (χ4n) is 1.96. The summed E-state index contributed by atoms with van der Waals surface area (Å²) in [4.78, 5) is 11.9. The average molecular weight is 390 g/mol. The summed E-state index contributed by atoms with van der Waals surface area (Å²) in [6.07, 6.45) is 0. The van der Waals surface area contributed by atoms with Crippen LogP contribution in [0.4, 0.5) is 17.1 Å². The monoisotopic (exact) mass is 389 g/mol. The van der Waals surface area contributed by atoms with E-state index in [1.54, 1.807) is 41.8 Å². The number of anilines is 3. The summed E-state index contributed by atoms with van der Waals surface area (Å²) < 4.78 is 3.66. The minimum atomic E-state index is -0.299. The molecule has 0 saturated carbocycles. The minimum Gasteiger partial charge on any atom is -0.332 e. The molecule has 9 heteroatoms. The van der Waals surface area contributed by atoms with Gasteiger partial charge in [-0.2, -0.15) is 0 Å². The maximum Gasteiger partial charge on any atom is 0.277 e. The molecule has 3 aromatic rings. The number of hydrogen-bond acceptors (Lipinski definition) is 5. The van der Waals surface area contributed by atoms with Crippen LogP contribution in [-0.2, 0) is 0 Å². The molecule has 1 amide bonds. The third-order valence-corrected chi connectivity index (χ3v) is 4.02. The van der Waals surface area contributed by atoms with E-state index in [-0.39, 0.29) is 5.91 Å². The number of aromatic nitrogens is 2. The number of benzene rings is 2. The summed E-state index contributed by atoms with van der Waals surface area (Å²) in [5.41, 5.74) is 2.52. The molecular formula is C16H12ClN5OS2. The largest absolute Gasteiger partial charge is 0.332 e. The van der Waals surface area contributed by atoms with Crippen molar-refractivity contribution in [1.82, 2.24) is 9.59 Å². The van der Waals surface area contributed by atoms with Gasteiger partial charge >= 0.3 is 0 Å². The molecule has 0 aliphatic heterocycles. The van der Waals surface area contributed by atoms with E-state index in [0.29, 0.717) is 21.5 Å². The lowest BCUT2D eigenvalue weighted by Crippen LogP contribution is -2.19. The van der Waals surface area contributed by atoms with Crippen molar-refractivity contribution in [3.63, 3.8) is 0 Å². The van der Waals surface area contributed by atoms with Crippen molar-refractivity contribution in [2.75, 3.05) is 16.0 Å². The lowest BCUT2D eigenvalue weighted by atomic mass is 10.2. The number of amides is 1. The van der Waals surface area contributed by atoms with Crippen LogP contribution in [0.2, 0.25) is 5.02 Å². The molecule has 1 heterocycles. The fraction of sp³-hybridized carbons (Fsp3) is 0. The summed E-state index contributed by atoms with van der Waals surface area (Å²) >= 11 is 12.3. The maximum atomic E-state index is 11.9. The lowest BCUT2D eigenvalue weighted by Gasteiger charge is -2.11. The van der Waals surface area contributed by atoms with Gasteiger partial charge < -0.3 is 16.0 Å². The Labute approximate surface area is 158 Å². The minimum absolute atomic E-state index is 0.291. The van der Waals surface area contributed by atoms with Gasteiger partial charge in [0.05, 0.1) is 0 Å². The highest BCUT2D eigenvalue weighted by molar-refractivity contribution is 7.80. The number of carbonyl (C=O) groups excluding carboxylic acids is 1. The number of carbonyl (C=O) groups is 1. The van der Waals surface area contributed by atoms with Crippen LogP contribution in [0.3, 0.4) is 0 Å². The first-order valence-corrected chi connectivity index (χ1v) is 8.74. The number of nitrogens with one attached hydrogen (secondary N) is 3. The molecular weight excluding hydrogens is 378 g/mol. The first-order valence-electron chi connectivity index (χ1n) is 7.12. The molecule has 6 nitrogen and oxygen atoms in total. The Morgan fingerprint density at radius 3 is 2.32 bits per heavy atom. The van der Waals surface area contributed by atoms with E-state index in [1.165, 1.54) is 0 Å². The Bertz CT molecular complexity index is 884. The predicted molar refractivity (Wildman–Crippen MR) is 106 cm³/mol. The van der Waals surface area contributed by atoms with E-state index < -0.39 is 0 Å². The number of halogens is 1. The van der Waals surface area contributed by atoms with Crippen molar-refractivity contribution in [2.45, 2.75) is 0 Å². The normalized spacial score (nSPS) is 10.1. The van der Waals surface area contributed by atoms with Crippen molar-refractivity contribution in [1.29, 1.82) is 0 Å². The van der Waals surface area contributed by atoms with E-state index >= 15 is 0 Å². The maximum absolute atomic E-state index is 11.9. The van der Waals surface area contributed by atoms with Crippen LogP contribution < -0.4 is 16.0 Å². The zero-order valence-corrected chi connectivity index (χ0v) is 15.1. The Morgan fingerprint density at radius 1 is 1.00 bits per heavy atom. The summed E-state index contributed by atoms with van der Waals surface area (Å²) in [6.45, 7) is 0. The highest BCUT2D eigenvalue weighted by Crippen LogP contribution is 2.17. The van der Waals surface area contributed by atoms with Crippen molar-refractivity contribution in [2.24, 2.45) is 0 Å². The molecule has 126 valence electrons. The van der Waals surface area contributed by atoms with Crippen molar-refractivity contribution >= 4 is 63.4 Å². The second-order valence-electron chi connectivity index (χ2n) is 4.91. The number of thiocarbonyl (C=S) groups is 1. The molecule has 0 aliphatic rings. The molecule has 3 rings (SSSR count). The summed E-state index contributed by atoms with van der Waals surface area (Å²) in [5, 5.41) is 15.2. The Balaban J connectivity index is 1.57. The highest BCUT2D eigenvalue weighted by Gasteiger charge is 2.09. The van der Waals surface area contributed by atoms with Crippen LogP contribution in [0.1, 0.15) is 10.5 Å². The van der Waals surface area contributed by atoms with Crippen LogP contribution >= 0.6 is 35.4 Å². The van der Waals surface area contributed by atoms with Crippen molar-refractivity contribution in [3.05, 3.63) is 64.6 Å². The van der Waals surface area contributed by atoms with Gasteiger partial charge in [0.25, 0.3) is 5.91 Å². The molecule has 3 N–H and O–H groups in total. The van der Waals surface area contributed by atoms with Gasteiger partial charge in [0.15, 0.2) is 10.8 Å². The SMILES string of the molecule is O=C(Nc1ccc(NC(=S)Nc2cccc(Cl)c2)cc1)c1csnn1. The number of rotatable bonds is 4. The van der Waals surface area contributed by atoms with Gasteiger partial charge in [0.2, 0.25) is 0 Å². The third-order valence-electron chi connectivity index (χ3n) is 3.08. The lowest BCUT2D eigenvalue weighted by molar-refractivity contribution is 0.102. The zero-order valence-electron chi connectivity index (χ0n) is 12.7. The molecule has 0 spiro atoms. The van der Waals surface area contributed by atoms with E-state index in [1.807, 2.05) is 12.1 Å². The van der Waals surface area contributed by atoms with Crippen LogP contribution in [0.5, 0.6) is 0 Å². The zero-order chi connectivity index (χ0) is 17.6. The Hall–Kier alpha value is -2.55. The topological polar surface area (TPSA) is 78.9 Å². The third kappa shape index (κ3) is 4.96. The molecule has 0 aliphatic carbocycles. The van der Waals surface area contributed by atoms with Gasteiger partial charge in [-0.1, -0.05) is 22.2 Å². The molecule has 0 atom stereocenters. The second kappa shape index (κ2) is 8.02. The molecule has 0 unspecified atom stereocenters. The fourth-order valence-corrected chi connectivity index (χ4v) is 2.82. The van der Waals surface area contributed by atoms with Crippen LogP contribution in [0.25, 0.3) is 0 Å². The quantitative estimate of drug-likeness (QED) is 0.579. The van der Waals surface area contributed by atoms with Gasteiger partial charge in [0.1, 0.15) is 0 Å². The first kappa shape index (κ1) is 17.3. The molecule has 1 aromatic heterocycles. The van der Waals surface area contributed by atoms with Gasteiger partial charge in [-0.25, -0.2) is 0 Å². The molecule has 2 aromatic carbocycles. The second-order valence-corrected chi connectivity index (χ2v) is 6.37. The number of hydrogen-bond donors (Lipinski definition) is 3. The first-order chi connectivity index (χ1) is 12.1. The van der Waals surface area contributed by atoms with Gasteiger partial charge in [-0.05, 0) is 66.2 Å². The standard InChI is InChI=1S/C16H12ClN5OS2/c17-10-2-1-3-13(8-10)20-16(24)19-12-6-4-11(5-7-12)18-15(23)14-9-25-22-21-14/h1-9H,(H,18,23)(H2,19,20,24). The molecule has 0 bridgehead atoms. The smallest absolute Gasteiger partial charge is 0.277 e. The summed E-state index contributed by atoms with van der Waals surface area (Å²) in [5.74, 6) is -0.299. The van der Waals surface area contributed by atoms with E-state index in [9.17, 15) is 4.79 Å². The Morgan fingerprint density at radius 2 is 1.68 bits per heavy atom. The summed E-state index contributed by atoms with van der Waals surface area (Å²) in [6, 6.07) is 14.4. The van der Waals surface area contributed by atoms with E-state index in [2.05, 4.69) is 25.5 Å². The van der Waals surface area contributed by atoms with Gasteiger partial charge in [-0.15, -0.1) is 5.10 Å². The molecule has 0 radical (unpaired) electrons. The predicted octanol–water partition coefficient (Wildman–Crippen LogP) is 4.25. The van der Waals surface area contributed by atoms with E-state index in [4.69, 9.17) is 23.8 Å². The highest BCUT2D eigenvalue weighted by atomic mass is 35.5. The van der Waals surface area contributed by atoms with Crippen LogP contribution in [-0.4, -0.2) is 20.6 Å². The Kier molecular flexibility index (Phi) is 5.54. The molecule has 25 heavy (non-hydrogen) atoms. The molecule has 0 saturated heterocycles. The van der Waals surface area contributed by atoms with Gasteiger partial charge in [0, 0.05) is 27.5 Å². The van der Waals surface area contributed by atoms with Crippen molar-refractivity contribution < 1.29 is 4.79 Å². The average Bonchev–Trinajstić information content (AvgIpc) is 3.11. The van der Waals surface area contributed by atoms with Crippen LogP contribution in [0, 0.1) is 0 Å². The molecule has 0 fully saturated rings. The summed E-state index contributed by atoms with van der Waals surface area (Å²) in [7, 11) is 0. The van der Waals surface area contributed by atoms with E-state index in [0.717, 1.165) is 22.9 Å². The van der Waals surface area contributed by atoms with Crippen molar-refractivity contribution in [3.8, 4) is 0 Å². The van der Waals surface area contributed by atoms with Crippen LogP contribution in [0.15, 0.2) is 53.9 Å².